The van der Waals surface area contributed by atoms with E-state index in [1.807, 2.05) is 0 Å². The maximum atomic E-state index is 2.36. The van der Waals surface area contributed by atoms with Gasteiger partial charge in [-0.25, -0.2) is 0 Å². The van der Waals surface area contributed by atoms with Gasteiger partial charge < -0.3 is 17.7 Å². The van der Waals surface area contributed by atoms with Gasteiger partial charge in [-0.2, -0.15) is 45.3 Å². The molecule has 0 aromatic carbocycles. The van der Waals surface area contributed by atoms with Gasteiger partial charge in [0.1, 0.15) is 0 Å². The lowest BCUT2D eigenvalue weighted by Gasteiger charge is -2.05. The van der Waals surface area contributed by atoms with Crippen LogP contribution >= 0.6 is 45.3 Å². The van der Waals surface area contributed by atoms with E-state index in [2.05, 4.69) is 84.8 Å². The van der Waals surface area contributed by atoms with Gasteiger partial charge in [0.05, 0.1) is 13.1 Å². The second-order valence-electron chi connectivity index (χ2n) is 6.04. The van der Waals surface area contributed by atoms with Crippen LogP contribution < -0.4 is 17.7 Å². The van der Waals surface area contributed by atoms with E-state index in [4.69, 9.17) is 0 Å². The molecule has 0 radical (unpaired) electrons. The Bertz CT molecular complexity index is 825. The van der Waals surface area contributed by atoms with Gasteiger partial charge in [0, 0.05) is 0 Å². The molecule has 1 nitrogen and oxygen atoms in total. The molecule has 28 heavy (non-hydrogen) atoms. The number of hydrogen-bond acceptors (Lipinski definition) is 4. The summed E-state index contributed by atoms with van der Waals surface area (Å²) in [6.07, 6.45) is 4.71. The fourth-order valence-corrected chi connectivity index (χ4v) is 5.60. The van der Waals surface area contributed by atoms with Crippen LogP contribution in [-0.2, 0) is 0 Å². The first-order valence-electron chi connectivity index (χ1n) is 8.74. The van der Waals surface area contributed by atoms with Crippen molar-refractivity contribution in [3.8, 4) is 0 Å². The minimum absolute atomic E-state index is 0. The van der Waals surface area contributed by atoms with Gasteiger partial charge in [-0.1, -0.05) is 0 Å². The van der Waals surface area contributed by atoms with E-state index in [9.17, 15) is 0 Å². The summed E-state index contributed by atoms with van der Waals surface area (Å²) in [6, 6.07) is 8.83. The first-order chi connectivity index (χ1) is 13.4. The maximum absolute atomic E-state index is 2.36. The van der Waals surface area contributed by atoms with Crippen LogP contribution in [0.15, 0.2) is 79.5 Å². The van der Waals surface area contributed by atoms with Crippen molar-refractivity contribution in [3.63, 3.8) is 0 Å². The van der Waals surface area contributed by atoms with Gasteiger partial charge in [-0.15, -0.1) is 0 Å². The summed E-state index contributed by atoms with van der Waals surface area (Å²) >= 11 is 7.02. The molecule has 4 rings (SSSR count). The summed E-state index contributed by atoms with van der Waals surface area (Å²) in [4.78, 5) is 0. The fourth-order valence-electron chi connectivity index (χ4n) is 2.97. The van der Waals surface area contributed by atoms with E-state index in [1.54, 1.807) is 45.3 Å². The van der Waals surface area contributed by atoms with Gasteiger partial charge in [0.15, 0.2) is 0 Å². The number of rotatable bonds is 8. The Kier molecular flexibility index (Phi) is 8.27. The van der Waals surface area contributed by atoms with Gasteiger partial charge in [-0.05, 0) is 113 Å². The summed E-state index contributed by atoms with van der Waals surface area (Å²) in [5.74, 6) is 0. The van der Waals surface area contributed by atoms with Gasteiger partial charge in [0.25, 0.3) is 0 Å². The molecule has 4 aromatic rings. The molecule has 0 saturated carbocycles. The molecule has 6 heteroatoms. The molecule has 0 saturated heterocycles. The van der Waals surface area contributed by atoms with E-state index in [0.29, 0.717) is 0 Å². The Morgan fingerprint density at radius 1 is 0.607 bits per heavy atom. The maximum Gasteiger partial charge on any atom is 0.0954 e. The summed E-state index contributed by atoms with van der Waals surface area (Å²) in [6.45, 7) is 1.94. The number of hydrogen-bond donors (Lipinski definition) is 1. The van der Waals surface area contributed by atoms with Crippen LogP contribution in [0.2, 0.25) is 0 Å². The van der Waals surface area contributed by atoms with Crippen molar-refractivity contribution in [2.24, 2.45) is 0 Å². The van der Waals surface area contributed by atoms with Gasteiger partial charge >= 0.3 is 0 Å². The first-order valence-corrected chi connectivity index (χ1v) is 12.5. The highest BCUT2D eigenvalue weighted by atomic mass is 35.5. The Hall–Kier alpha value is -1.47. The SMILES string of the molecule is C(C[NH2+]CC=C(c1ccsc1)c1ccsc1)=C(c1ccsc1)c1ccsc1.[Cl-]. The molecule has 0 unspecified atom stereocenters. The highest BCUT2D eigenvalue weighted by molar-refractivity contribution is 7.09. The number of quaternary nitrogens is 1. The monoisotopic (exact) mass is 461 g/mol. The first kappa shape index (κ1) is 21.2. The highest BCUT2D eigenvalue weighted by Gasteiger charge is 2.08. The average molecular weight is 462 g/mol. The molecule has 2 N–H and O–H groups in total. The van der Waals surface area contributed by atoms with E-state index in [-0.39, 0.29) is 12.4 Å². The molecule has 0 spiro atoms. The fraction of sp³-hybridized carbons (Fsp3) is 0.0909. The standard InChI is InChI=1S/C22H19NS4.ClH/c1(21(17-3-9-24-13-17)18-4-10-25-14-18)7-23-8-2-22(19-5-11-26-15-19)20-6-12-27-16-20;/h1-6,9-16,23H,7-8H2;1H. The third-order valence-corrected chi connectivity index (χ3v) is 7.04. The Morgan fingerprint density at radius 2 is 0.929 bits per heavy atom. The highest BCUT2D eigenvalue weighted by Crippen LogP contribution is 2.27. The van der Waals surface area contributed by atoms with Gasteiger partial charge in [-0.3, -0.25) is 0 Å². The van der Waals surface area contributed by atoms with Crippen molar-refractivity contribution in [1.82, 2.24) is 0 Å². The van der Waals surface area contributed by atoms with Crippen molar-refractivity contribution in [1.29, 1.82) is 0 Å². The van der Waals surface area contributed by atoms with Crippen molar-refractivity contribution in [3.05, 3.63) is 102 Å². The van der Waals surface area contributed by atoms with Crippen LogP contribution in [0, 0.1) is 0 Å². The normalized spacial score (nSPS) is 10.3. The summed E-state index contributed by atoms with van der Waals surface area (Å²) in [7, 11) is 0. The van der Waals surface area contributed by atoms with Crippen LogP contribution in [0.1, 0.15) is 22.3 Å². The van der Waals surface area contributed by atoms with Crippen LogP contribution in [0.4, 0.5) is 0 Å². The molecule has 144 valence electrons. The Balaban J connectivity index is 0.00000225. The van der Waals surface area contributed by atoms with Crippen LogP contribution in [0.25, 0.3) is 11.1 Å². The van der Waals surface area contributed by atoms with Gasteiger partial charge in [0.2, 0.25) is 0 Å². The molecule has 0 atom stereocenters. The Labute approximate surface area is 188 Å². The molecule has 0 amide bonds. The molecule has 4 heterocycles. The molecule has 4 aromatic heterocycles. The minimum Gasteiger partial charge on any atom is -1.00 e. The van der Waals surface area contributed by atoms with E-state index in [1.165, 1.54) is 33.4 Å². The largest absolute Gasteiger partial charge is 1.00 e. The third-order valence-electron chi connectivity index (χ3n) is 4.31. The van der Waals surface area contributed by atoms with E-state index in [0.717, 1.165) is 13.1 Å². The lowest BCUT2D eigenvalue weighted by Crippen LogP contribution is -3.00. The molecule has 0 aliphatic carbocycles. The van der Waals surface area contributed by atoms with E-state index >= 15 is 0 Å². The summed E-state index contributed by atoms with van der Waals surface area (Å²) in [5, 5.41) is 19.9. The van der Waals surface area contributed by atoms with Crippen molar-refractivity contribution < 1.29 is 17.7 Å². The number of halogens is 1. The average Bonchev–Trinajstić information content (AvgIpc) is 3.51. The molecule has 0 bridgehead atoms. The zero-order chi connectivity index (χ0) is 18.3. The van der Waals surface area contributed by atoms with Crippen LogP contribution in [-0.4, -0.2) is 13.1 Å². The quantitative estimate of drug-likeness (QED) is 0.388. The third kappa shape index (κ3) is 5.32. The molecule has 0 aliphatic rings. The van der Waals surface area contributed by atoms with Crippen LogP contribution in [0.3, 0.4) is 0 Å². The molecular weight excluding hydrogens is 442 g/mol. The van der Waals surface area contributed by atoms with Crippen molar-refractivity contribution >= 4 is 56.5 Å². The Morgan fingerprint density at radius 3 is 1.18 bits per heavy atom. The van der Waals surface area contributed by atoms with Crippen LogP contribution in [0.5, 0.6) is 0 Å². The molecular formula is C22H20ClNS4. The summed E-state index contributed by atoms with van der Waals surface area (Å²) < 4.78 is 0. The molecule has 0 aliphatic heterocycles. The minimum atomic E-state index is 0. The second-order valence-corrected chi connectivity index (χ2v) is 9.16. The zero-order valence-electron chi connectivity index (χ0n) is 15.1. The predicted molar refractivity (Wildman–Crippen MR) is 123 cm³/mol. The van der Waals surface area contributed by atoms with Crippen molar-refractivity contribution in [2.75, 3.05) is 13.1 Å². The number of thiophene rings is 4. The summed E-state index contributed by atoms with van der Waals surface area (Å²) in [5.41, 5.74) is 7.96. The lowest BCUT2D eigenvalue weighted by molar-refractivity contribution is -0.636. The smallest absolute Gasteiger partial charge is 0.0954 e. The second kappa shape index (κ2) is 10.9. The zero-order valence-corrected chi connectivity index (χ0v) is 19.1. The van der Waals surface area contributed by atoms with Crippen molar-refractivity contribution in [2.45, 2.75) is 0 Å². The molecule has 0 fully saturated rings. The topological polar surface area (TPSA) is 16.6 Å². The van der Waals surface area contributed by atoms with E-state index < -0.39 is 0 Å². The number of nitrogens with two attached hydrogens (primary N) is 1. The predicted octanol–water partition coefficient (Wildman–Crippen LogP) is 3.06. The lowest BCUT2D eigenvalue weighted by atomic mass is 10.0.